The van der Waals surface area contributed by atoms with Gasteiger partial charge in [-0.15, -0.1) is 0 Å². The summed E-state index contributed by atoms with van der Waals surface area (Å²) >= 11 is 0. The lowest BCUT2D eigenvalue weighted by Gasteiger charge is -1.94. The third kappa shape index (κ3) is 1.40. The summed E-state index contributed by atoms with van der Waals surface area (Å²) in [6, 6.07) is 0. The minimum absolute atomic E-state index is 0.843. The fraction of sp³-hybridized carbons (Fsp3) is 0.778. The van der Waals surface area contributed by atoms with E-state index in [9.17, 15) is 0 Å². The zero-order valence-corrected chi connectivity index (χ0v) is 7.11. The van der Waals surface area contributed by atoms with Crippen molar-refractivity contribution in [3.05, 3.63) is 11.1 Å². The van der Waals surface area contributed by atoms with Crippen molar-refractivity contribution in [1.29, 1.82) is 0 Å². The molecule has 1 aliphatic rings. The minimum atomic E-state index is 0.843. The molecule has 0 aromatic heterocycles. The van der Waals surface area contributed by atoms with Crippen LogP contribution in [0.2, 0.25) is 0 Å². The van der Waals surface area contributed by atoms with Crippen molar-refractivity contribution < 1.29 is 4.74 Å². The van der Waals surface area contributed by atoms with Gasteiger partial charge in [0.15, 0.2) is 0 Å². The van der Waals surface area contributed by atoms with Crippen LogP contribution < -0.4 is 0 Å². The number of hydrogen-bond acceptors (Lipinski definition) is 1. The molecule has 1 heteroatoms. The smallest absolute Gasteiger partial charge is 0.0499 e. The second-order valence-electron chi connectivity index (χ2n) is 2.91. The first-order chi connectivity index (χ1) is 4.81. The summed E-state index contributed by atoms with van der Waals surface area (Å²) in [7, 11) is 1.76. The Kier molecular flexibility index (Phi) is 2.50. The van der Waals surface area contributed by atoms with E-state index in [0.29, 0.717) is 0 Å². The van der Waals surface area contributed by atoms with Crippen LogP contribution in [-0.2, 0) is 4.74 Å². The van der Waals surface area contributed by atoms with Crippen LogP contribution in [-0.4, -0.2) is 13.7 Å². The van der Waals surface area contributed by atoms with Crippen LogP contribution in [0.3, 0.4) is 0 Å². The fourth-order valence-corrected chi connectivity index (χ4v) is 1.59. The van der Waals surface area contributed by atoms with Gasteiger partial charge in [0.2, 0.25) is 0 Å². The molecule has 1 aliphatic carbocycles. The lowest BCUT2D eigenvalue weighted by molar-refractivity contribution is 0.202. The molecular weight excluding hydrogens is 124 g/mol. The van der Waals surface area contributed by atoms with E-state index in [2.05, 4.69) is 13.8 Å². The molecule has 10 heavy (non-hydrogen) atoms. The van der Waals surface area contributed by atoms with Gasteiger partial charge in [-0.3, -0.25) is 0 Å². The summed E-state index contributed by atoms with van der Waals surface area (Å²) in [6.45, 7) is 5.37. The van der Waals surface area contributed by atoms with E-state index < -0.39 is 0 Å². The van der Waals surface area contributed by atoms with Gasteiger partial charge in [0.25, 0.3) is 0 Å². The average Bonchev–Trinajstić information content (AvgIpc) is 2.56. The molecule has 0 saturated carbocycles. The molecule has 0 aromatic carbocycles. The van der Waals surface area contributed by atoms with E-state index in [1.807, 2.05) is 0 Å². The lowest BCUT2D eigenvalue weighted by Crippen LogP contribution is -1.88. The monoisotopic (exact) mass is 140 g/mol. The molecule has 0 aromatic rings. The molecule has 0 bridgehead atoms. The van der Waals surface area contributed by atoms with Gasteiger partial charge in [0.05, 0.1) is 0 Å². The maximum Gasteiger partial charge on any atom is 0.0499 e. The molecule has 1 rings (SSSR count). The molecule has 0 radical (unpaired) electrons. The predicted octanol–water partition coefficient (Wildman–Crippen LogP) is 2.38. The van der Waals surface area contributed by atoms with Gasteiger partial charge in [0.1, 0.15) is 0 Å². The first-order valence-corrected chi connectivity index (χ1v) is 3.99. The summed E-state index contributed by atoms with van der Waals surface area (Å²) in [4.78, 5) is 0. The van der Waals surface area contributed by atoms with Gasteiger partial charge in [-0.05, 0) is 19.8 Å². The van der Waals surface area contributed by atoms with E-state index in [0.717, 1.165) is 18.9 Å². The Morgan fingerprint density at radius 3 is 2.60 bits per heavy atom. The van der Waals surface area contributed by atoms with Gasteiger partial charge in [-0.1, -0.05) is 18.1 Å². The Morgan fingerprint density at radius 1 is 1.50 bits per heavy atom. The molecule has 0 amide bonds. The molecule has 1 nitrogen and oxygen atoms in total. The number of allylic oxidation sites excluding steroid dienone is 1. The van der Waals surface area contributed by atoms with Gasteiger partial charge in [0, 0.05) is 19.6 Å². The van der Waals surface area contributed by atoms with Crippen molar-refractivity contribution in [2.75, 3.05) is 13.7 Å². The van der Waals surface area contributed by atoms with Crippen molar-refractivity contribution in [2.24, 2.45) is 5.92 Å². The van der Waals surface area contributed by atoms with Crippen LogP contribution >= 0.6 is 0 Å². The Morgan fingerprint density at radius 2 is 2.20 bits per heavy atom. The van der Waals surface area contributed by atoms with Crippen molar-refractivity contribution in [2.45, 2.75) is 26.7 Å². The van der Waals surface area contributed by atoms with E-state index in [4.69, 9.17) is 4.74 Å². The summed E-state index contributed by atoms with van der Waals surface area (Å²) in [6.07, 6.45) is 2.44. The molecule has 0 N–H and O–H groups in total. The summed E-state index contributed by atoms with van der Waals surface area (Å²) in [5.41, 5.74) is 3.25. The highest BCUT2D eigenvalue weighted by Crippen LogP contribution is 2.43. The van der Waals surface area contributed by atoms with Crippen LogP contribution in [0.4, 0.5) is 0 Å². The van der Waals surface area contributed by atoms with Crippen molar-refractivity contribution in [1.82, 2.24) is 0 Å². The Hall–Kier alpha value is -0.300. The van der Waals surface area contributed by atoms with Gasteiger partial charge < -0.3 is 4.74 Å². The highest BCUT2D eigenvalue weighted by atomic mass is 16.5. The van der Waals surface area contributed by atoms with Gasteiger partial charge in [-0.2, -0.15) is 0 Å². The van der Waals surface area contributed by atoms with Crippen LogP contribution in [0.25, 0.3) is 0 Å². The van der Waals surface area contributed by atoms with E-state index in [1.165, 1.54) is 6.42 Å². The second-order valence-corrected chi connectivity index (χ2v) is 2.91. The molecule has 58 valence electrons. The molecular formula is C9H16O. The predicted molar refractivity (Wildman–Crippen MR) is 43.0 cm³/mol. The van der Waals surface area contributed by atoms with Crippen LogP contribution in [0.15, 0.2) is 11.1 Å². The van der Waals surface area contributed by atoms with Gasteiger partial charge >= 0.3 is 0 Å². The van der Waals surface area contributed by atoms with E-state index in [-0.39, 0.29) is 0 Å². The highest BCUT2D eigenvalue weighted by Gasteiger charge is 2.29. The molecule has 0 aliphatic heterocycles. The highest BCUT2D eigenvalue weighted by molar-refractivity contribution is 5.38. The number of hydrogen-bond donors (Lipinski definition) is 0. The third-order valence-corrected chi connectivity index (χ3v) is 2.35. The van der Waals surface area contributed by atoms with Crippen LogP contribution in [0.1, 0.15) is 26.7 Å². The maximum absolute atomic E-state index is 5.00. The topological polar surface area (TPSA) is 9.23 Å². The van der Waals surface area contributed by atoms with E-state index >= 15 is 0 Å². The SMILES string of the molecule is CCC1C(C)=C1CCOC. The van der Waals surface area contributed by atoms with Crippen LogP contribution in [0, 0.1) is 5.92 Å². The summed E-state index contributed by atoms with van der Waals surface area (Å²) in [5.74, 6) is 0.843. The molecule has 0 saturated heterocycles. The Labute approximate surface area is 63.1 Å². The maximum atomic E-state index is 5.00. The standard InChI is InChI=1S/C9H16O/c1-4-8-7(2)9(8)5-6-10-3/h8H,4-6H2,1-3H3. The van der Waals surface area contributed by atoms with Crippen molar-refractivity contribution in [3.8, 4) is 0 Å². The lowest BCUT2D eigenvalue weighted by atomic mass is 10.2. The minimum Gasteiger partial charge on any atom is -0.384 e. The first-order valence-electron chi connectivity index (χ1n) is 3.99. The van der Waals surface area contributed by atoms with Crippen molar-refractivity contribution >= 4 is 0 Å². The first kappa shape index (κ1) is 7.80. The quantitative estimate of drug-likeness (QED) is 0.545. The Bertz CT molecular complexity index is 147. The zero-order chi connectivity index (χ0) is 7.56. The molecule has 0 fully saturated rings. The van der Waals surface area contributed by atoms with Crippen LogP contribution in [0.5, 0.6) is 0 Å². The Balaban J connectivity index is 2.19. The average molecular weight is 140 g/mol. The molecule has 0 heterocycles. The number of ether oxygens (including phenoxy) is 1. The van der Waals surface area contributed by atoms with Crippen molar-refractivity contribution in [3.63, 3.8) is 0 Å². The summed E-state index contributed by atoms with van der Waals surface area (Å²) < 4.78 is 5.00. The van der Waals surface area contributed by atoms with E-state index in [1.54, 1.807) is 18.3 Å². The molecule has 0 spiro atoms. The number of methoxy groups -OCH3 is 1. The molecule has 1 atom stereocenters. The fourth-order valence-electron chi connectivity index (χ4n) is 1.59. The third-order valence-electron chi connectivity index (χ3n) is 2.35. The largest absolute Gasteiger partial charge is 0.384 e. The summed E-state index contributed by atoms with van der Waals surface area (Å²) in [5, 5.41) is 0. The normalized spacial score (nSPS) is 23.7. The number of rotatable bonds is 4. The van der Waals surface area contributed by atoms with Gasteiger partial charge in [-0.25, -0.2) is 0 Å². The zero-order valence-electron chi connectivity index (χ0n) is 7.11. The molecule has 1 unspecified atom stereocenters. The second kappa shape index (κ2) is 3.20.